The topological polar surface area (TPSA) is 56.8 Å². The summed E-state index contributed by atoms with van der Waals surface area (Å²) in [5.41, 5.74) is 3.50. The van der Waals surface area contributed by atoms with Crippen molar-refractivity contribution in [1.82, 2.24) is 15.5 Å². The van der Waals surface area contributed by atoms with Crippen LogP contribution in [-0.2, 0) is 4.74 Å². The maximum absolute atomic E-state index is 11.6. The van der Waals surface area contributed by atoms with Crippen LogP contribution >= 0.6 is 12.2 Å². The average molecular weight is 393 g/mol. The Kier molecular flexibility index (Phi) is 7.30. The van der Waals surface area contributed by atoms with Gasteiger partial charge < -0.3 is 25.2 Å². The number of aryl methyl sites for hydroxylation is 1. The third-order valence-corrected chi connectivity index (χ3v) is 4.96. The SMILES string of the molecule is Cc1cccc(N2CCN(C(=S)NCCNC(=O)OC(C)(C)C)CC2)c1C. The van der Waals surface area contributed by atoms with Crippen LogP contribution in [0.5, 0.6) is 0 Å². The van der Waals surface area contributed by atoms with Gasteiger partial charge >= 0.3 is 6.09 Å². The standard InChI is InChI=1S/C20H32N4O2S/c1-15-7-6-8-17(16(15)2)23-11-13-24(14-12-23)18(27)21-9-10-22-19(25)26-20(3,4)5/h6-8H,9-14H2,1-5H3,(H,21,27)(H,22,25). The third-order valence-electron chi connectivity index (χ3n) is 4.55. The highest BCUT2D eigenvalue weighted by Gasteiger charge is 2.20. The number of hydrogen-bond acceptors (Lipinski definition) is 4. The number of piperazine rings is 1. The van der Waals surface area contributed by atoms with Gasteiger partial charge in [-0.3, -0.25) is 0 Å². The molecule has 0 bridgehead atoms. The van der Waals surface area contributed by atoms with E-state index in [-0.39, 0.29) is 0 Å². The summed E-state index contributed by atoms with van der Waals surface area (Å²) in [5.74, 6) is 0. The monoisotopic (exact) mass is 392 g/mol. The molecule has 0 aliphatic carbocycles. The summed E-state index contributed by atoms with van der Waals surface area (Å²) in [7, 11) is 0. The van der Waals surface area contributed by atoms with Crippen LogP contribution in [-0.4, -0.2) is 61.0 Å². The van der Waals surface area contributed by atoms with E-state index in [4.69, 9.17) is 17.0 Å². The van der Waals surface area contributed by atoms with Gasteiger partial charge in [0.05, 0.1) is 0 Å². The summed E-state index contributed by atoms with van der Waals surface area (Å²) >= 11 is 5.49. The van der Waals surface area contributed by atoms with E-state index >= 15 is 0 Å². The first-order chi connectivity index (χ1) is 12.7. The van der Waals surface area contributed by atoms with Crippen molar-refractivity contribution in [2.45, 2.75) is 40.2 Å². The van der Waals surface area contributed by atoms with Crippen LogP contribution in [0.2, 0.25) is 0 Å². The molecule has 6 nitrogen and oxygen atoms in total. The molecule has 1 aliphatic heterocycles. The Morgan fingerprint density at radius 3 is 2.37 bits per heavy atom. The van der Waals surface area contributed by atoms with Gasteiger partial charge in [-0.15, -0.1) is 0 Å². The molecule has 1 fully saturated rings. The number of nitrogens with zero attached hydrogens (tertiary/aromatic N) is 2. The Balaban J connectivity index is 1.71. The zero-order valence-electron chi connectivity index (χ0n) is 17.1. The molecule has 0 atom stereocenters. The highest BCUT2D eigenvalue weighted by molar-refractivity contribution is 7.80. The molecule has 0 radical (unpaired) electrons. The van der Waals surface area contributed by atoms with Crippen LogP contribution in [0.1, 0.15) is 31.9 Å². The normalized spacial score (nSPS) is 14.7. The number of anilines is 1. The minimum atomic E-state index is -0.484. The molecule has 27 heavy (non-hydrogen) atoms. The Morgan fingerprint density at radius 1 is 1.11 bits per heavy atom. The quantitative estimate of drug-likeness (QED) is 0.607. The highest BCUT2D eigenvalue weighted by atomic mass is 32.1. The van der Waals surface area contributed by atoms with Gasteiger partial charge in [0.2, 0.25) is 0 Å². The lowest BCUT2D eigenvalue weighted by atomic mass is 10.1. The molecule has 1 amide bonds. The molecular formula is C20H32N4O2S. The van der Waals surface area contributed by atoms with Gasteiger partial charge in [0.15, 0.2) is 5.11 Å². The van der Waals surface area contributed by atoms with Crippen LogP contribution < -0.4 is 15.5 Å². The molecule has 150 valence electrons. The van der Waals surface area contributed by atoms with Crippen molar-refractivity contribution in [1.29, 1.82) is 0 Å². The fourth-order valence-corrected chi connectivity index (χ4v) is 3.27. The second-order valence-electron chi connectivity index (χ2n) is 7.85. The Labute approximate surface area is 168 Å². The lowest BCUT2D eigenvalue weighted by Crippen LogP contribution is -2.52. The number of carbonyl (C=O) groups excluding carboxylic acids is 1. The molecule has 1 saturated heterocycles. The van der Waals surface area contributed by atoms with Crippen molar-refractivity contribution in [2.24, 2.45) is 0 Å². The molecule has 1 aliphatic rings. The van der Waals surface area contributed by atoms with Gasteiger partial charge in [0, 0.05) is 45.0 Å². The number of alkyl carbamates (subject to hydrolysis) is 1. The van der Waals surface area contributed by atoms with Crippen molar-refractivity contribution >= 4 is 29.1 Å². The maximum Gasteiger partial charge on any atom is 0.407 e. The fraction of sp³-hybridized carbons (Fsp3) is 0.600. The van der Waals surface area contributed by atoms with Crippen molar-refractivity contribution in [2.75, 3.05) is 44.2 Å². The van der Waals surface area contributed by atoms with Gasteiger partial charge in [0.1, 0.15) is 5.60 Å². The fourth-order valence-electron chi connectivity index (χ4n) is 2.99. The number of benzene rings is 1. The van der Waals surface area contributed by atoms with Gasteiger partial charge in [-0.1, -0.05) is 12.1 Å². The summed E-state index contributed by atoms with van der Waals surface area (Å²) in [6, 6.07) is 6.46. The Morgan fingerprint density at radius 2 is 1.74 bits per heavy atom. The second-order valence-corrected chi connectivity index (χ2v) is 8.24. The summed E-state index contributed by atoms with van der Waals surface area (Å²) < 4.78 is 5.21. The van der Waals surface area contributed by atoms with Crippen LogP contribution in [0.25, 0.3) is 0 Å². The van der Waals surface area contributed by atoms with E-state index in [9.17, 15) is 4.79 Å². The number of thiocarbonyl (C=S) groups is 1. The largest absolute Gasteiger partial charge is 0.444 e. The number of carbonyl (C=O) groups is 1. The van der Waals surface area contributed by atoms with Crippen molar-refractivity contribution in [3.8, 4) is 0 Å². The van der Waals surface area contributed by atoms with E-state index in [2.05, 4.69) is 52.5 Å². The van der Waals surface area contributed by atoms with E-state index in [1.165, 1.54) is 16.8 Å². The molecule has 2 rings (SSSR count). The minimum absolute atomic E-state index is 0.405. The van der Waals surface area contributed by atoms with E-state index < -0.39 is 11.7 Å². The predicted molar refractivity (Wildman–Crippen MR) is 115 cm³/mol. The summed E-state index contributed by atoms with van der Waals surface area (Å²) in [5, 5.41) is 6.68. The number of hydrogen-bond donors (Lipinski definition) is 2. The van der Waals surface area contributed by atoms with E-state index in [1.807, 2.05) is 20.8 Å². The van der Waals surface area contributed by atoms with Crippen molar-refractivity contribution < 1.29 is 9.53 Å². The number of rotatable bonds is 4. The minimum Gasteiger partial charge on any atom is -0.444 e. The molecule has 0 spiro atoms. The molecule has 0 unspecified atom stereocenters. The molecule has 0 aromatic heterocycles. The van der Waals surface area contributed by atoms with E-state index in [0.717, 1.165) is 31.3 Å². The second kappa shape index (κ2) is 9.26. The third kappa shape index (κ3) is 6.57. The van der Waals surface area contributed by atoms with E-state index in [0.29, 0.717) is 13.1 Å². The molecule has 1 aromatic carbocycles. The lowest BCUT2D eigenvalue weighted by Gasteiger charge is -2.38. The first-order valence-electron chi connectivity index (χ1n) is 9.48. The van der Waals surface area contributed by atoms with Gasteiger partial charge in [-0.2, -0.15) is 0 Å². The van der Waals surface area contributed by atoms with Gasteiger partial charge in [-0.05, 0) is 64.0 Å². The van der Waals surface area contributed by atoms with Gasteiger partial charge in [0.25, 0.3) is 0 Å². The van der Waals surface area contributed by atoms with Crippen LogP contribution in [0.4, 0.5) is 10.5 Å². The zero-order chi connectivity index (χ0) is 20.0. The summed E-state index contributed by atoms with van der Waals surface area (Å²) in [4.78, 5) is 16.2. The molecule has 2 N–H and O–H groups in total. The number of amides is 1. The van der Waals surface area contributed by atoms with E-state index in [1.54, 1.807) is 0 Å². The lowest BCUT2D eigenvalue weighted by molar-refractivity contribution is 0.0529. The van der Waals surface area contributed by atoms with Crippen molar-refractivity contribution in [3.05, 3.63) is 29.3 Å². The summed E-state index contributed by atoms with van der Waals surface area (Å²) in [6.45, 7) is 14.6. The average Bonchev–Trinajstić information content (AvgIpc) is 2.59. The number of nitrogens with one attached hydrogen (secondary N) is 2. The predicted octanol–water partition coefficient (Wildman–Crippen LogP) is 2.82. The molecule has 1 aromatic rings. The van der Waals surface area contributed by atoms with Crippen LogP contribution in [0.15, 0.2) is 18.2 Å². The van der Waals surface area contributed by atoms with Crippen molar-refractivity contribution in [3.63, 3.8) is 0 Å². The summed E-state index contributed by atoms with van der Waals surface area (Å²) in [6.07, 6.45) is -0.405. The van der Waals surface area contributed by atoms with Crippen LogP contribution in [0, 0.1) is 13.8 Å². The first-order valence-corrected chi connectivity index (χ1v) is 9.89. The number of ether oxygens (including phenoxy) is 1. The maximum atomic E-state index is 11.6. The highest BCUT2D eigenvalue weighted by Crippen LogP contribution is 2.23. The Hall–Kier alpha value is -2.02. The zero-order valence-corrected chi connectivity index (χ0v) is 17.9. The molecule has 7 heteroatoms. The molecule has 0 saturated carbocycles. The smallest absolute Gasteiger partial charge is 0.407 e. The van der Waals surface area contributed by atoms with Gasteiger partial charge in [-0.25, -0.2) is 4.79 Å². The first kappa shape index (κ1) is 21.3. The molecule has 1 heterocycles. The molecular weight excluding hydrogens is 360 g/mol. The van der Waals surface area contributed by atoms with Crippen LogP contribution in [0.3, 0.4) is 0 Å². The Bertz CT molecular complexity index is 664.